The number of anilines is 1. The molecule has 0 saturated carbocycles. The first-order chi connectivity index (χ1) is 15.0. The van der Waals surface area contributed by atoms with Crippen molar-refractivity contribution in [3.05, 3.63) is 69.7 Å². The molecule has 0 N–H and O–H groups in total. The average Bonchev–Trinajstić information content (AvgIpc) is 3.05. The minimum absolute atomic E-state index is 0.0961. The van der Waals surface area contributed by atoms with Gasteiger partial charge < -0.3 is 9.64 Å². The van der Waals surface area contributed by atoms with Crippen molar-refractivity contribution in [2.75, 3.05) is 11.4 Å². The summed E-state index contributed by atoms with van der Waals surface area (Å²) in [6.45, 7) is 14.3. The maximum atomic E-state index is 9.35. The molecule has 1 aromatic rings. The lowest BCUT2D eigenvalue weighted by atomic mass is 9.76. The van der Waals surface area contributed by atoms with Crippen molar-refractivity contribution >= 4 is 11.8 Å². The topological polar surface area (TPSA) is 60.1 Å². The summed E-state index contributed by atoms with van der Waals surface area (Å²) in [7, 11) is 0. The van der Waals surface area contributed by atoms with E-state index in [1.165, 1.54) is 16.8 Å². The third-order valence-corrected chi connectivity index (χ3v) is 6.76. The molecule has 4 heteroatoms. The molecular formula is C28H31N3O. The minimum atomic E-state index is -0.240. The highest BCUT2D eigenvalue weighted by Crippen LogP contribution is 2.47. The summed E-state index contributed by atoms with van der Waals surface area (Å²) < 4.78 is 6.15. The van der Waals surface area contributed by atoms with Gasteiger partial charge in [0.2, 0.25) is 0 Å². The highest BCUT2D eigenvalue weighted by molar-refractivity contribution is 5.72. The molecule has 0 fully saturated rings. The maximum Gasteiger partial charge on any atom is 0.137 e. The van der Waals surface area contributed by atoms with E-state index in [4.69, 9.17) is 4.74 Å². The van der Waals surface area contributed by atoms with Crippen molar-refractivity contribution in [3.8, 4) is 12.1 Å². The van der Waals surface area contributed by atoms with Crippen molar-refractivity contribution in [1.82, 2.24) is 0 Å². The van der Waals surface area contributed by atoms with Gasteiger partial charge in [-0.25, -0.2) is 0 Å². The fourth-order valence-corrected chi connectivity index (χ4v) is 4.79. The second kappa shape index (κ2) is 7.72. The van der Waals surface area contributed by atoms with Crippen molar-refractivity contribution in [2.24, 2.45) is 5.41 Å². The van der Waals surface area contributed by atoms with Crippen LogP contribution in [-0.2, 0) is 16.6 Å². The first-order valence-electron chi connectivity index (χ1n) is 11.3. The first kappa shape index (κ1) is 22.0. The summed E-state index contributed by atoms with van der Waals surface area (Å²) in [6.07, 6.45) is 9.85. The molecule has 164 valence electrons. The van der Waals surface area contributed by atoms with E-state index in [9.17, 15) is 10.5 Å². The molecule has 0 radical (unpaired) electrons. The maximum absolute atomic E-state index is 9.35. The molecule has 0 aliphatic carbocycles. The summed E-state index contributed by atoms with van der Waals surface area (Å²) in [6, 6.07) is 9.16. The Morgan fingerprint density at radius 2 is 1.88 bits per heavy atom. The lowest BCUT2D eigenvalue weighted by Gasteiger charge is -2.40. The smallest absolute Gasteiger partial charge is 0.137 e. The van der Waals surface area contributed by atoms with Gasteiger partial charge in [-0.05, 0) is 72.2 Å². The number of hydrogen-bond donors (Lipinski definition) is 0. The van der Waals surface area contributed by atoms with Gasteiger partial charge in [0.15, 0.2) is 0 Å². The van der Waals surface area contributed by atoms with E-state index in [0.717, 1.165) is 30.7 Å². The Labute approximate surface area is 191 Å². The summed E-state index contributed by atoms with van der Waals surface area (Å²) in [4.78, 5) is 2.57. The highest BCUT2D eigenvalue weighted by atomic mass is 16.5. The van der Waals surface area contributed by atoms with E-state index in [2.05, 4.69) is 64.7 Å². The van der Waals surface area contributed by atoms with Crippen LogP contribution in [0.1, 0.15) is 64.7 Å². The zero-order valence-electron chi connectivity index (χ0n) is 19.9. The molecule has 4 rings (SSSR count). The Balaban J connectivity index is 1.73. The number of nitriles is 2. The Morgan fingerprint density at radius 1 is 1.16 bits per heavy atom. The molecule has 1 aromatic carbocycles. The van der Waals surface area contributed by atoms with Crippen LogP contribution in [0, 0.1) is 28.1 Å². The van der Waals surface area contributed by atoms with Gasteiger partial charge in [0.25, 0.3) is 0 Å². The van der Waals surface area contributed by atoms with Crippen LogP contribution in [0.5, 0.6) is 0 Å². The molecular weight excluding hydrogens is 394 g/mol. The van der Waals surface area contributed by atoms with E-state index in [0.29, 0.717) is 17.4 Å². The molecule has 1 unspecified atom stereocenters. The zero-order valence-corrected chi connectivity index (χ0v) is 19.9. The Kier molecular flexibility index (Phi) is 5.30. The summed E-state index contributed by atoms with van der Waals surface area (Å²) in [5.74, 6) is 1.38. The molecule has 3 aliphatic rings. The lowest BCUT2D eigenvalue weighted by molar-refractivity contribution is 0.223. The van der Waals surface area contributed by atoms with Crippen LogP contribution < -0.4 is 4.90 Å². The zero-order chi connectivity index (χ0) is 23.3. The molecule has 3 heterocycles. The number of rotatable bonds is 2. The normalized spacial score (nSPS) is 21.3. The molecule has 0 aromatic heterocycles. The predicted molar refractivity (Wildman–Crippen MR) is 129 cm³/mol. The molecule has 3 aliphatic heterocycles. The van der Waals surface area contributed by atoms with E-state index in [-0.39, 0.29) is 16.4 Å². The van der Waals surface area contributed by atoms with Crippen LogP contribution in [0.25, 0.3) is 6.08 Å². The molecule has 0 amide bonds. The number of hydrogen-bond acceptors (Lipinski definition) is 4. The van der Waals surface area contributed by atoms with E-state index < -0.39 is 0 Å². The number of benzene rings is 1. The molecule has 0 saturated heterocycles. The van der Waals surface area contributed by atoms with Crippen LogP contribution in [0.15, 0.2) is 53.0 Å². The van der Waals surface area contributed by atoms with Crippen molar-refractivity contribution in [3.63, 3.8) is 0 Å². The van der Waals surface area contributed by atoms with Gasteiger partial charge in [-0.2, -0.15) is 10.5 Å². The van der Waals surface area contributed by atoms with Crippen molar-refractivity contribution in [1.29, 1.82) is 10.5 Å². The monoisotopic (exact) mass is 425 g/mol. The predicted octanol–water partition coefficient (Wildman–Crippen LogP) is 6.32. The standard InChI is InChI=1S/C28H31N3O/c1-18-11-21-12-19(13-24-26(21)31(18)10-9-28(24,5)6)7-8-23-14-20(22(16-29)17-30)15-25(32-23)27(2,3)4/h7-8,12-15,18H,9-11H2,1-6H3/b8-7+. The van der Waals surface area contributed by atoms with Crippen LogP contribution in [0.3, 0.4) is 0 Å². The van der Waals surface area contributed by atoms with Gasteiger partial charge in [0.05, 0.1) is 0 Å². The fourth-order valence-electron chi connectivity index (χ4n) is 4.79. The van der Waals surface area contributed by atoms with Gasteiger partial charge in [-0.15, -0.1) is 0 Å². The van der Waals surface area contributed by atoms with E-state index in [1.807, 2.05) is 18.2 Å². The van der Waals surface area contributed by atoms with E-state index >= 15 is 0 Å². The van der Waals surface area contributed by atoms with Gasteiger partial charge in [-0.3, -0.25) is 0 Å². The van der Waals surface area contributed by atoms with Gasteiger partial charge in [0.1, 0.15) is 29.2 Å². The van der Waals surface area contributed by atoms with Gasteiger partial charge in [-0.1, -0.05) is 40.7 Å². The van der Waals surface area contributed by atoms with Crippen molar-refractivity contribution in [2.45, 2.75) is 65.8 Å². The summed E-state index contributed by atoms with van der Waals surface area (Å²) in [5.41, 5.74) is 6.06. The number of allylic oxidation sites excluding steroid dienone is 6. The van der Waals surface area contributed by atoms with Crippen LogP contribution in [-0.4, -0.2) is 12.6 Å². The first-order valence-corrected chi connectivity index (χ1v) is 11.3. The largest absolute Gasteiger partial charge is 0.461 e. The molecule has 0 spiro atoms. The Bertz CT molecular complexity index is 1160. The van der Waals surface area contributed by atoms with Crippen LogP contribution >= 0.6 is 0 Å². The average molecular weight is 426 g/mol. The molecule has 32 heavy (non-hydrogen) atoms. The Hall–Kier alpha value is -3.24. The third kappa shape index (κ3) is 3.87. The second-order valence-electron chi connectivity index (χ2n) is 10.8. The SMILES string of the molecule is CC1Cc2cc(/C=C/C3=CC(=C(C#N)C#N)C=C(C(C)(C)C)O3)cc3c2N1CCC3(C)C. The van der Waals surface area contributed by atoms with E-state index in [1.54, 1.807) is 12.2 Å². The highest BCUT2D eigenvalue weighted by Gasteiger charge is 2.38. The van der Waals surface area contributed by atoms with Crippen molar-refractivity contribution < 1.29 is 4.74 Å². The fraction of sp³-hybridized carbons (Fsp3) is 0.429. The Morgan fingerprint density at radius 3 is 2.53 bits per heavy atom. The summed E-state index contributed by atoms with van der Waals surface area (Å²) in [5, 5.41) is 18.7. The number of nitrogens with zero attached hydrogens (tertiary/aromatic N) is 3. The minimum Gasteiger partial charge on any atom is -0.461 e. The number of ether oxygens (including phenoxy) is 1. The van der Waals surface area contributed by atoms with Gasteiger partial charge in [0, 0.05) is 29.3 Å². The molecule has 0 bridgehead atoms. The van der Waals surface area contributed by atoms with Gasteiger partial charge >= 0.3 is 0 Å². The van der Waals surface area contributed by atoms with Crippen LogP contribution in [0.2, 0.25) is 0 Å². The lowest BCUT2D eigenvalue weighted by Crippen LogP contribution is -2.39. The molecule has 1 atom stereocenters. The molecule has 4 nitrogen and oxygen atoms in total. The quantitative estimate of drug-likeness (QED) is 0.520. The third-order valence-electron chi connectivity index (χ3n) is 6.76. The van der Waals surface area contributed by atoms with Crippen LogP contribution in [0.4, 0.5) is 5.69 Å². The summed E-state index contributed by atoms with van der Waals surface area (Å²) >= 11 is 0. The second-order valence-corrected chi connectivity index (χ2v) is 10.8.